The molecule has 0 radical (unpaired) electrons. The van der Waals surface area contributed by atoms with Crippen molar-refractivity contribution < 1.29 is 4.79 Å². The Balaban J connectivity index is 1.55. The smallest absolute Gasteiger partial charge is 0.255 e. The summed E-state index contributed by atoms with van der Waals surface area (Å²) in [6, 6.07) is 11.3. The lowest BCUT2D eigenvalue weighted by molar-refractivity contribution is 0.0705. The summed E-state index contributed by atoms with van der Waals surface area (Å²) in [4.78, 5) is 35.7. The van der Waals surface area contributed by atoms with E-state index in [9.17, 15) is 9.59 Å². The average Bonchev–Trinajstić information content (AvgIpc) is 2.75. The maximum atomic E-state index is 12.9. The van der Waals surface area contributed by atoms with Crippen LogP contribution in [-0.2, 0) is 7.05 Å². The lowest BCUT2D eigenvalue weighted by Crippen LogP contribution is -2.39. The van der Waals surface area contributed by atoms with Gasteiger partial charge in [-0.25, -0.2) is 4.98 Å². The van der Waals surface area contributed by atoms with Crippen LogP contribution in [0.25, 0.3) is 11.3 Å². The second-order valence-electron chi connectivity index (χ2n) is 7.66. The number of hydrogen-bond acceptors (Lipinski definition) is 4. The minimum Gasteiger partial charge on any atom is -0.338 e. The number of piperidine rings is 1. The number of rotatable bonds is 3. The zero-order valence-electron chi connectivity index (χ0n) is 16.7. The van der Waals surface area contributed by atoms with Crippen LogP contribution in [-0.4, -0.2) is 38.4 Å². The van der Waals surface area contributed by atoms with E-state index in [1.807, 2.05) is 23.2 Å². The summed E-state index contributed by atoms with van der Waals surface area (Å²) < 4.78 is 1.44. The Labute approximate surface area is 169 Å². The maximum absolute atomic E-state index is 12.9. The van der Waals surface area contributed by atoms with Gasteiger partial charge in [-0.15, -0.1) is 0 Å². The first-order chi connectivity index (χ1) is 14.0. The minimum atomic E-state index is -0.124. The topological polar surface area (TPSA) is 68.1 Å². The van der Waals surface area contributed by atoms with E-state index in [1.165, 1.54) is 16.2 Å². The van der Waals surface area contributed by atoms with Crippen LogP contribution in [0.1, 0.15) is 40.4 Å². The van der Waals surface area contributed by atoms with Crippen LogP contribution < -0.4 is 5.56 Å². The van der Waals surface area contributed by atoms with Crippen molar-refractivity contribution in [3.05, 3.63) is 82.2 Å². The van der Waals surface area contributed by atoms with Crippen molar-refractivity contribution >= 4 is 5.91 Å². The van der Waals surface area contributed by atoms with Crippen LogP contribution in [0.3, 0.4) is 0 Å². The van der Waals surface area contributed by atoms with Crippen molar-refractivity contribution in [1.29, 1.82) is 0 Å². The highest BCUT2D eigenvalue weighted by molar-refractivity contribution is 5.94. The number of carbonyl (C=O) groups is 1. The molecule has 1 aliphatic heterocycles. The van der Waals surface area contributed by atoms with Gasteiger partial charge in [0.1, 0.15) is 0 Å². The molecule has 148 valence electrons. The molecule has 1 fully saturated rings. The lowest BCUT2D eigenvalue weighted by Gasteiger charge is -2.32. The predicted octanol–water partition coefficient (Wildman–Crippen LogP) is 3.17. The zero-order chi connectivity index (χ0) is 20.4. The van der Waals surface area contributed by atoms with Gasteiger partial charge in [-0.1, -0.05) is 23.8 Å². The fourth-order valence-corrected chi connectivity index (χ4v) is 3.83. The fourth-order valence-electron chi connectivity index (χ4n) is 3.83. The first kappa shape index (κ1) is 19.1. The van der Waals surface area contributed by atoms with Crippen molar-refractivity contribution in [2.45, 2.75) is 25.7 Å². The SMILES string of the molecule is Cc1cccc(-c2cncc([C@@H]3CCCN(C(=O)c4ccc(=O)n(C)c4)C3)n2)c1. The average molecular weight is 388 g/mol. The monoisotopic (exact) mass is 388 g/mol. The van der Waals surface area contributed by atoms with Crippen molar-refractivity contribution in [1.82, 2.24) is 19.4 Å². The molecule has 0 spiro atoms. The largest absolute Gasteiger partial charge is 0.338 e. The van der Waals surface area contributed by atoms with E-state index < -0.39 is 0 Å². The summed E-state index contributed by atoms with van der Waals surface area (Å²) >= 11 is 0. The Hall–Kier alpha value is -3.28. The number of amides is 1. The van der Waals surface area contributed by atoms with E-state index >= 15 is 0 Å². The van der Waals surface area contributed by atoms with Gasteiger partial charge in [0, 0.05) is 50.1 Å². The van der Waals surface area contributed by atoms with Gasteiger partial charge in [0.2, 0.25) is 5.56 Å². The third-order valence-electron chi connectivity index (χ3n) is 5.43. The van der Waals surface area contributed by atoms with Crippen molar-refractivity contribution in [3.8, 4) is 11.3 Å². The van der Waals surface area contributed by atoms with Crippen molar-refractivity contribution in [3.63, 3.8) is 0 Å². The quantitative estimate of drug-likeness (QED) is 0.691. The molecule has 0 N–H and O–H groups in total. The molecule has 1 atom stereocenters. The molecule has 0 aliphatic carbocycles. The number of aromatic nitrogens is 3. The fraction of sp³-hybridized carbons (Fsp3) is 0.304. The van der Waals surface area contributed by atoms with Crippen molar-refractivity contribution in [2.75, 3.05) is 13.1 Å². The molecule has 29 heavy (non-hydrogen) atoms. The molecule has 1 aliphatic rings. The third kappa shape index (κ3) is 4.11. The molecular formula is C23H24N4O2. The number of carbonyl (C=O) groups excluding carboxylic acids is 1. The summed E-state index contributed by atoms with van der Waals surface area (Å²) in [6.45, 7) is 3.38. The number of benzene rings is 1. The van der Waals surface area contributed by atoms with E-state index in [2.05, 4.69) is 24.0 Å². The van der Waals surface area contributed by atoms with E-state index in [0.717, 1.165) is 29.8 Å². The molecule has 0 bridgehead atoms. The molecular weight excluding hydrogens is 364 g/mol. The van der Waals surface area contributed by atoms with Crippen LogP contribution in [0.4, 0.5) is 0 Å². The number of nitrogens with zero attached hydrogens (tertiary/aromatic N) is 4. The lowest BCUT2D eigenvalue weighted by atomic mass is 9.94. The summed E-state index contributed by atoms with van der Waals surface area (Å²) in [7, 11) is 1.66. The molecule has 1 saturated heterocycles. The Morgan fingerprint density at radius 3 is 2.83 bits per heavy atom. The normalized spacial score (nSPS) is 16.6. The van der Waals surface area contributed by atoms with Gasteiger partial charge < -0.3 is 9.47 Å². The Bertz CT molecular complexity index is 1110. The molecule has 1 aromatic carbocycles. The van der Waals surface area contributed by atoms with Crippen LogP contribution in [0.5, 0.6) is 0 Å². The zero-order valence-corrected chi connectivity index (χ0v) is 16.7. The van der Waals surface area contributed by atoms with Crippen LogP contribution in [0.2, 0.25) is 0 Å². The van der Waals surface area contributed by atoms with Crippen LogP contribution >= 0.6 is 0 Å². The molecule has 2 aromatic heterocycles. The minimum absolute atomic E-state index is 0.0481. The molecule has 4 rings (SSSR count). The van der Waals surface area contributed by atoms with Crippen LogP contribution in [0, 0.1) is 6.92 Å². The summed E-state index contributed by atoms with van der Waals surface area (Å²) in [5.41, 5.74) is 4.41. The summed E-state index contributed by atoms with van der Waals surface area (Å²) in [5.74, 6) is 0.102. The second-order valence-corrected chi connectivity index (χ2v) is 7.66. The number of aryl methyl sites for hydroxylation is 2. The number of pyridine rings is 1. The number of likely N-dealkylation sites (tertiary alicyclic amines) is 1. The summed E-state index contributed by atoms with van der Waals surface area (Å²) in [5, 5.41) is 0. The van der Waals surface area contributed by atoms with Crippen LogP contribution in [0.15, 0.2) is 59.8 Å². The van der Waals surface area contributed by atoms with Gasteiger partial charge >= 0.3 is 0 Å². The highest BCUT2D eigenvalue weighted by Gasteiger charge is 2.27. The first-order valence-corrected chi connectivity index (χ1v) is 9.86. The van der Waals surface area contributed by atoms with Gasteiger partial charge in [-0.05, 0) is 31.9 Å². The van der Waals surface area contributed by atoms with Gasteiger partial charge in [0.05, 0.1) is 23.1 Å². The number of hydrogen-bond donors (Lipinski definition) is 0. The molecule has 3 aromatic rings. The molecule has 3 heterocycles. The highest BCUT2D eigenvalue weighted by atomic mass is 16.2. The van der Waals surface area contributed by atoms with Gasteiger partial charge in [0.25, 0.3) is 5.91 Å². The first-order valence-electron chi connectivity index (χ1n) is 9.86. The van der Waals surface area contributed by atoms with E-state index in [1.54, 1.807) is 25.5 Å². The van der Waals surface area contributed by atoms with Gasteiger partial charge in [-0.3, -0.25) is 14.6 Å². The highest BCUT2D eigenvalue weighted by Crippen LogP contribution is 2.28. The third-order valence-corrected chi connectivity index (χ3v) is 5.43. The van der Waals surface area contributed by atoms with Gasteiger partial charge in [0.15, 0.2) is 0 Å². The Morgan fingerprint density at radius 2 is 2.03 bits per heavy atom. The Kier molecular flexibility index (Phi) is 5.25. The van der Waals surface area contributed by atoms with E-state index in [-0.39, 0.29) is 17.4 Å². The Morgan fingerprint density at radius 1 is 1.17 bits per heavy atom. The maximum Gasteiger partial charge on any atom is 0.255 e. The molecule has 0 unspecified atom stereocenters. The van der Waals surface area contributed by atoms with Gasteiger partial charge in [-0.2, -0.15) is 0 Å². The molecule has 6 nitrogen and oxygen atoms in total. The molecule has 0 saturated carbocycles. The molecule has 1 amide bonds. The summed E-state index contributed by atoms with van der Waals surface area (Å²) in [6.07, 6.45) is 7.09. The van der Waals surface area contributed by atoms with E-state index in [0.29, 0.717) is 18.7 Å². The second kappa shape index (κ2) is 7.99. The molecule has 6 heteroatoms. The predicted molar refractivity (Wildman–Crippen MR) is 112 cm³/mol. The standard InChI is InChI=1S/C23H24N4O2/c1-16-5-3-6-17(11-16)20-12-24-13-21(25-20)18-7-4-10-27(15-18)23(29)19-8-9-22(28)26(2)14-19/h3,5-6,8-9,11-14,18H,4,7,10,15H2,1-2H3/t18-/m1/s1. The van der Waals surface area contributed by atoms with Crippen molar-refractivity contribution in [2.24, 2.45) is 7.05 Å². The van der Waals surface area contributed by atoms with E-state index in [4.69, 9.17) is 4.98 Å².